The fraction of sp³-hybridized carbons (Fsp3) is 0.389. The summed E-state index contributed by atoms with van der Waals surface area (Å²) in [4.78, 5) is 14.5. The Hall–Kier alpha value is -2.27. The van der Waals surface area contributed by atoms with Crippen molar-refractivity contribution in [2.45, 2.75) is 18.9 Å². The molecule has 1 fully saturated rings. The van der Waals surface area contributed by atoms with E-state index < -0.39 is 0 Å². The van der Waals surface area contributed by atoms with Gasteiger partial charge in [0.1, 0.15) is 0 Å². The van der Waals surface area contributed by atoms with E-state index in [2.05, 4.69) is 22.3 Å². The molecular formula is C18H21N3O2. The second-order valence-corrected chi connectivity index (χ2v) is 5.89. The number of ether oxygens (including phenoxy) is 1. The number of amides is 1. The van der Waals surface area contributed by atoms with Crippen LogP contribution >= 0.6 is 0 Å². The van der Waals surface area contributed by atoms with E-state index in [4.69, 9.17) is 4.74 Å². The van der Waals surface area contributed by atoms with Crippen molar-refractivity contribution in [3.63, 3.8) is 0 Å². The summed E-state index contributed by atoms with van der Waals surface area (Å²) >= 11 is 0. The van der Waals surface area contributed by atoms with E-state index in [-0.39, 0.29) is 12.0 Å². The Morgan fingerprint density at radius 1 is 1.26 bits per heavy atom. The summed E-state index contributed by atoms with van der Waals surface area (Å²) in [6.07, 6.45) is 5.04. The molecule has 1 aliphatic heterocycles. The molecule has 0 saturated carbocycles. The predicted molar refractivity (Wildman–Crippen MR) is 87.0 cm³/mol. The van der Waals surface area contributed by atoms with Gasteiger partial charge in [0.2, 0.25) is 0 Å². The lowest BCUT2D eigenvalue weighted by Gasteiger charge is -2.38. The second kappa shape index (κ2) is 7.33. The fourth-order valence-corrected chi connectivity index (χ4v) is 3.22. The van der Waals surface area contributed by atoms with Crippen molar-refractivity contribution in [1.82, 2.24) is 15.1 Å². The first kappa shape index (κ1) is 15.6. The van der Waals surface area contributed by atoms with Crippen molar-refractivity contribution in [1.29, 1.82) is 0 Å². The zero-order chi connectivity index (χ0) is 16.1. The topological polar surface area (TPSA) is 55.3 Å². The van der Waals surface area contributed by atoms with Gasteiger partial charge < -0.3 is 9.64 Å². The molecule has 2 atom stereocenters. The highest BCUT2D eigenvalue weighted by Crippen LogP contribution is 2.24. The van der Waals surface area contributed by atoms with E-state index in [0.717, 1.165) is 12.8 Å². The van der Waals surface area contributed by atoms with Gasteiger partial charge in [0.25, 0.3) is 5.91 Å². The molecule has 0 bridgehead atoms. The number of methoxy groups -OCH3 is 1. The Morgan fingerprint density at radius 3 is 2.78 bits per heavy atom. The van der Waals surface area contributed by atoms with Gasteiger partial charge in [0, 0.05) is 26.1 Å². The molecule has 1 amide bonds. The largest absolute Gasteiger partial charge is 0.381 e. The Balaban J connectivity index is 1.72. The quantitative estimate of drug-likeness (QED) is 0.868. The van der Waals surface area contributed by atoms with E-state index in [0.29, 0.717) is 24.6 Å². The van der Waals surface area contributed by atoms with Crippen LogP contribution in [0.5, 0.6) is 0 Å². The van der Waals surface area contributed by atoms with Gasteiger partial charge in [0.05, 0.1) is 24.1 Å². The number of aromatic nitrogens is 2. The minimum absolute atomic E-state index is 0.0208. The molecule has 1 aromatic heterocycles. The Bertz CT molecular complexity index is 633. The molecule has 5 heteroatoms. The molecule has 5 nitrogen and oxygen atoms in total. The molecule has 2 aromatic rings. The molecule has 0 N–H and O–H groups in total. The molecule has 0 radical (unpaired) electrons. The second-order valence-electron chi connectivity index (χ2n) is 5.89. The zero-order valence-electron chi connectivity index (χ0n) is 13.3. The van der Waals surface area contributed by atoms with Gasteiger partial charge >= 0.3 is 0 Å². The van der Waals surface area contributed by atoms with Crippen LogP contribution in [0.4, 0.5) is 0 Å². The summed E-state index contributed by atoms with van der Waals surface area (Å²) in [5.41, 5.74) is 1.87. The molecule has 3 rings (SSSR count). The first-order valence-electron chi connectivity index (χ1n) is 7.90. The number of benzene rings is 1. The maximum Gasteiger partial charge on any atom is 0.255 e. The Morgan fingerprint density at radius 2 is 2.09 bits per heavy atom. The van der Waals surface area contributed by atoms with Crippen LogP contribution in [0, 0.1) is 5.92 Å². The summed E-state index contributed by atoms with van der Waals surface area (Å²) in [5.74, 6) is 0.322. The van der Waals surface area contributed by atoms with E-state index in [1.165, 1.54) is 11.8 Å². The lowest BCUT2D eigenvalue weighted by molar-refractivity contribution is -0.00301. The molecule has 0 spiro atoms. The van der Waals surface area contributed by atoms with Crippen LogP contribution in [0.25, 0.3) is 0 Å². The summed E-state index contributed by atoms with van der Waals surface area (Å²) < 4.78 is 5.65. The van der Waals surface area contributed by atoms with E-state index in [1.807, 2.05) is 23.1 Å². The fourth-order valence-electron chi connectivity index (χ4n) is 3.22. The molecule has 0 unspecified atom stereocenters. The Kier molecular flexibility index (Phi) is 4.98. The van der Waals surface area contributed by atoms with Gasteiger partial charge in [-0.1, -0.05) is 30.3 Å². The van der Waals surface area contributed by atoms with Gasteiger partial charge in [-0.15, -0.1) is 0 Å². The smallest absolute Gasteiger partial charge is 0.255 e. The lowest BCUT2D eigenvalue weighted by Crippen LogP contribution is -2.47. The maximum absolute atomic E-state index is 12.6. The van der Waals surface area contributed by atoms with E-state index in [1.54, 1.807) is 19.4 Å². The summed E-state index contributed by atoms with van der Waals surface area (Å²) in [6, 6.07) is 12.1. The van der Waals surface area contributed by atoms with Crippen molar-refractivity contribution in [3.8, 4) is 0 Å². The molecule has 2 heterocycles. The SMILES string of the molecule is CO[C@@H]1CCN(C(=O)c2ccnnc2)C[C@@H]1Cc1ccccc1. The third-order valence-corrected chi connectivity index (χ3v) is 4.43. The first-order chi connectivity index (χ1) is 11.3. The third kappa shape index (κ3) is 3.74. The molecule has 23 heavy (non-hydrogen) atoms. The number of rotatable bonds is 4. The highest BCUT2D eigenvalue weighted by Gasteiger charge is 2.32. The number of carbonyl (C=O) groups excluding carboxylic acids is 1. The summed E-state index contributed by atoms with van der Waals surface area (Å²) in [7, 11) is 1.76. The number of hydrogen-bond acceptors (Lipinski definition) is 4. The highest BCUT2D eigenvalue weighted by atomic mass is 16.5. The van der Waals surface area contributed by atoms with Crippen LogP contribution < -0.4 is 0 Å². The van der Waals surface area contributed by atoms with Crippen LogP contribution in [0.2, 0.25) is 0 Å². The van der Waals surface area contributed by atoms with Crippen LogP contribution in [-0.4, -0.2) is 47.3 Å². The number of piperidine rings is 1. The van der Waals surface area contributed by atoms with Crippen molar-refractivity contribution < 1.29 is 9.53 Å². The van der Waals surface area contributed by atoms with Crippen molar-refractivity contribution >= 4 is 5.91 Å². The lowest BCUT2D eigenvalue weighted by atomic mass is 9.88. The highest BCUT2D eigenvalue weighted by molar-refractivity contribution is 5.93. The Labute approximate surface area is 136 Å². The molecule has 1 saturated heterocycles. The van der Waals surface area contributed by atoms with Gasteiger partial charge in [-0.3, -0.25) is 4.79 Å². The minimum Gasteiger partial charge on any atom is -0.381 e. The van der Waals surface area contributed by atoms with Crippen LogP contribution in [0.1, 0.15) is 22.3 Å². The van der Waals surface area contributed by atoms with Crippen LogP contribution in [0.3, 0.4) is 0 Å². The molecular weight excluding hydrogens is 290 g/mol. The average molecular weight is 311 g/mol. The van der Waals surface area contributed by atoms with Crippen molar-refractivity contribution in [2.24, 2.45) is 5.92 Å². The number of hydrogen-bond donors (Lipinski definition) is 0. The maximum atomic E-state index is 12.6. The summed E-state index contributed by atoms with van der Waals surface area (Å²) in [6.45, 7) is 1.42. The van der Waals surface area contributed by atoms with E-state index >= 15 is 0 Å². The number of nitrogens with zero attached hydrogens (tertiary/aromatic N) is 3. The number of carbonyl (C=O) groups is 1. The average Bonchev–Trinajstić information content (AvgIpc) is 2.62. The van der Waals surface area contributed by atoms with Gasteiger partial charge in [0.15, 0.2) is 0 Å². The zero-order valence-corrected chi connectivity index (χ0v) is 13.3. The minimum atomic E-state index is 0.0208. The molecule has 1 aromatic carbocycles. The third-order valence-electron chi connectivity index (χ3n) is 4.43. The van der Waals surface area contributed by atoms with Crippen molar-refractivity contribution in [3.05, 3.63) is 59.9 Å². The van der Waals surface area contributed by atoms with Crippen molar-refractivity contribution in [2.75, 3.05) is 20.2 Å². The molecule has 120 valence electrons. The summed E-state index contributed by atoms with van der Waals surface area (Å²) in [5, 5.41) is 7.52. The van der Waals surface area contributed by atoms with Gasteiger partial charge in [-0.25, -0.2) is 0 Å². The van der Waals surface area contributed by atoms with Gasteiger partial charge in [-0.05, 0) is 24.5 Å². The van der Waals surface area contributed by atoms with Crippen LogP contribution in [0.15, 0.2) is 48.8 Å². The first-order valence-corrected chi connectivity index (χ1v) is 7.90. The van der Waals surface area contributed by atoms with Gasteiger partial charge in [-0.2, -0.15) is 10.2 Å². The van der Waals surface area contributed by atoms with E-state index in [9.17, 15) is 4.79 Å². The predicted octanol–water partition coefficient (Wildman–Crippen LogP) is 2.20. The normalized spacial score (nSPS) is 21.2. The molecule has 0 aliphatic carbocycles. The standard InChI is InChI=1S/C18H21N3O2/c1-23-17-8-10-21(18(22)15-7-9-19-20-12-15)13-16(17)11-14-5-3-2-4-6-14/h2-7,9,12,16-17H,8,10-11,13H2,1H3/t16-,17+/m0/s1. The number of likely N-dealkylation sites (tertiary alicyclic amines) is 1. The molecule has 1 aliphatic rings. The van der Waals surface area contributed by atoms with Crippen LogP contribution in [-0.2, 0) is 11.2 Å². The monoisotopic (exact) mass is 311 g/mol.